The second-order valence-corrected chi connectivity index (χ2v) is 4.82. The summed E-state index contributed by atoms with van der Waals surface area (Å²) in [6.07, 6.45) is 0. The minimum absolute atomic E-state index is 0.115. The fraction of sp³-hybridized carbons (Fsp3) is 0.133. The lowest BCUT2D eigenvalue weighted by molar-refractivity contribution is 0.0940. The number of carbonyl (C=O) groups is 1. The molecule has 104 valence electrons. The van der Waals surface area contributed by atoms with Crippen LogP contribution in [-0.4, -0.2) is 5.91 Å². The van der Waals surface area contributed by atoms with Crippen LogP contribution in [0.3, 0.4) is 0 Å². The predicted molar refractivity (Wildman–Crippen MR) is 78.1 cm³/mol. The first-order valence-corrected chi connectivity index (χ1v) is 6.47. The fourth-order valence-corrected chi connectivity index (χ4v) is 2.21. The number of carbonyl (C=O) groups excluding carboxylic acids is 1. The van der Waals surface area contributed by atoms with Gasteiger partial charge in [-0.15, -0.1) is 0 Å². The highest BCUT2D eigenvalue weighted by molar-refractivity contribution is 6.31. The molecular weight excluding hydrogens is 279 g/mol. The van der Waals surface area contributed by atoms with E-state index in [1.807, 2.05) is 18.2 Å². The van der Waals surface area contributed by atoms with Gasteiger partial charge in [-0.3, -0.25) is 4.79 Å². The minimum atomic E-state index is -0.608. The third-order valence-corrected chi connectivity index (χ3v) is 3.36. The molecule has 0 bridgehead atoms. The van der Waals surface area contributed by atoms with Crippen LogP contribution in [0.4, 0.5) is 10.1 Å². The molecule has 2 aromatic carbocycles. The zero-order valence-corrected chi connectivity index (χ0v) is 11.6. The number of rotatable bonds is 3. The van der Waals surface area contributed by atoms with Gasteiger partial charge in [-0.1, -0.05) is 35.9 Å². The molecule has 5 heteroatoms. The van der Waals surface area contributed by atoms with Crippen molar-refractivity contribution in [3.05, 3.63) is 64.4 Å². The summed E-state index contributed by atoms with van der Waals surface area (Å²) in [4.78, 5) is 12.1. The average molecular weight is 293 g/mol. The number of anilines is 1. The van der Waals surface area contributed by atoms with Crippen molar-refractivity contribution in [3.63, 3.8) is 0 Å². The monoisotopic (exact) mass is 292 g/mol. The van der Waals surface area contributed by atoms with E-state index in [9.17, 15) is 9.18 Å². The molecule has 0 aliphatic rings. The molecule has 0 fully saturated rings. The standard InChI is InChI=1S/C15H14ClFN2O/c1-9(10-5-2-3-7-12(10)16)19-15(20)11-6-4-8-13(17)14(11)18/h2-9H,18H2,1H3,(H,19,20)/t9-/m0/s1. The van der Waals surface area contributed by atoms with E-state index >= 15 is 0 Å². The number of halogens is 2. The highest BCUT2D eigenvalue weighted by atomic mass is 35.5. The Morgan fingerprint density at radius 3 is 2.65 bits per heavy atom. The smallest absolute Gasteiger partial charge is 0.253 e. The number of hydrogen-bond donors (Lipinski definition) is 2. The molecule has 20 heavy (non-hydrogen) atoms. The third kappa shape index (κ3) is 2.91. The van der Waals surface area contributed by atoms with Crippen molar-refractivity contribution in [1.29, 1.82) is 0 Å². The lowest BCUT2D eigenvalue weighted by Gasteiger charge is -2.16. The highest BCUT2D eigenvalue weighted by Gasteiger charge is 2.16. The lowest BCUT2D eigenvalue weighted by atomic mass is 10.1. The van der Waals surface area contributed by atoms with Crippen molar-refractivity contribution < 1.29 is 9.18 Å². The van der Waals surface area contributed by atoms with Gasteiger partial charge >= 0.3 is 0 Å². The zero-order valence-electron chi connectivity index (χ0n) is 10.9. The summed E-state index contributed by atoms with van der Waals surface area (Å²) in [5.74, 6) is -1.04. The molecule has 0 unspecified atom stereocenters. The predicted octanol–water partition coefficient (Wildman–Crippen LogP) is 3.55. The van der Waals surface area contributed by atoms with Crippen LogP contribution in [0.2, 0.25) is 5.02 Å². The number of nitrogen functional groups attached to an aromatic ring is 1. The maximum atomic E-state index is 13.3. The van der Waals surface area contributed by atoms with Gasteiger partial charge in [0.05, 0.1) is 17.3 Å². The van der Waals surface area contributed by atoms with Crippen LogP contribution in [0, 0.1) is 5.82 Å². The third-order valence-electron chi connectivity index (χ3n) is 3.02. The van der Waals surface area contributed by atoms with E-state index in [-0.39, 0.29) is 17.3 Å². The maximum Gasteiger partial charge on any atom is 0.253 e. The van der Waals surface area contributed by atoms with Gasteiger partial charge < -0.3 is 11.1 Å². The van der Waals surface area contributed by atoms with Crippen molar-refractivity contribution >= 4 is 23.2 Å². The number of nitrogens with one attached hydrogen (secondary N) is 1. The first-order chi connectivity index (χ1) is 9.50. The Bertz CT molecular complexity index is 646. The molecule has 0 spiro atoms. The lowest BCUT2D eigenvalue weighted by Crippen LogP contribution is -2.27. The maximum absolute atomic E-state index is 13.3. The minimum Gasteiger partial charge on any atom is -0.396 e. The van der Waals surface area contributed by atoms with Crippen molar-refractivity contribution in [2.75, 3.05) is 5.73 Å². The topological polar surface area (TPSA) is 55.1 Å². The number of para-hydroxylation sites is 1. The molecule has 0 aromatic heterocycles. The molecule has 2 aromatic rings. The summed E-state index contributed by atoms with van der Waals surface area (Å²) in [7, 11) is 0. The van der Waals surface area contributed by atoms with E-state index in [1.54, 1.807) is 13.0 Å². The Morgan fingerprint density at radius 1 is 1.25 bits per heavy atom. The van der Waals surface area contributed by atoms with Gasteiger partial charge in [0.25, 0.3) is 5.91 Å². The van der Waals surface area contributed by atoms with E-state index < -0.39 is 11.7 Å². The Morgan fingerprint density at radius 2 is 1.95 bits per heavy atom. The van der Waals surface area contributed by atoms with Gasteiger partial charge in [0, 0.05) is 5.02 Å². The van der Waals surface area contributed by atoms with Gasteiger partial charge in [-0.2, -0.15) is 0 Å². The van der Waals surface area contributed by atoms with Gasteiger partial charge in [0.1, 0.15) is 5.82 Å². The van der Waals surface area contributed by atoms with E-state index in [0.717, 1.165) is 5.56 Å². The summed E-state index contributed by atoms with van der Waals surface area (Å²) in [5.41, 5.74) is 6.31. The molecule has 3 nitrogen and oxygen atoms in total. The van der Waals surface area contributed by atoms with Gasteiger partial charge in [-0.25, -0.2) is 4.39 Å². The fourth-order valence-electron chi connectivity index (χ4n) is 1.91. The molecule has 1 amide bonds. The van der Waals surface area contributed by atoms with Crippen LogP contribution in [0.15, 0.2) is 42.5 Å². The van der Waals surface area contributed by atoms with Crippen molar-refractivity contribution in [3.8, 4) is 0 Å². The summed E-state index contributed by atoms with van der Waals surface area (Å²) in [6.45, 7) is 1.80. The van der Waals surface area contributed by atoms with Crippen LogP contribution in [-0.2, 0) is 0 Å². The van der Waals surface area contributed by atoms with Crippen molar-refractivity contribution in [2.24, 2.45) is 0 Å². The Hall–Kier alpha value is -2.07. The first-order valence-electron chi connectivity index (χ1n) is 6.10. The molecule has 0 saturated carbocycles. The zero-order chi connectivity index (χ0) is 14.7. The molecule has 3 N–H and O–H groups in total. The van der Waals surface area contributed by atoms with E-state index in [0.29, 0.717) is 5.02 Å². The normalized spacial score (nSPS) is 11.9. The van der Waals surface area contributed by atoms with E-state index in [1.165, 1.54) is 18.2 Å². The van der Waals surface area contributed by atoms with Gasteiger partial charge in [-0.05, 0) is 30.7 Å². The summed E-state index contributed by atoms with van der Waals surface area (Å²) in [5, 5.41) is 3.31. The quantitative estimate of drug-likeness (QED) is 0.850. The first kappa shape index (κ1) is 14.3. The highest BCUT2D eigenvalue weighted by Crippen LogP contribution is 2.23. The van der Waals surface area contributed by atoms with Crippen LogP contribution in [0.5, 0.6) is 0 Å². The summed E-state index contributed by atoms with van der Waals surface area (Å²) in [6, 6.07) is 11.0. The second-order valence-electron chi connectivity index (χ2n) is 4.42. The van der Waals surface area contributed by atoms with Crippen molar-refractivity contribution in [2.45, 2.75) is 13.0 Å². The Labute approximate surface area is 121 Å². The van der Waals surface area contributed by atoms with E-state index in [2.05, 4.69) is 5.32 Å². The average Bonchev–Trinajstić information content (AvgIpc) is 2.42. The molecule has 0 heterocycles. The molecule has 0 radical (unpaired) electrons. The summed E-state index contributed by atoms with van der Waals surface area (Å²) < 4.78 is 13.3. The number of nitrogens with two attached hydrogens (primary N) is 1. The van der Waals surface area contributed by atoms with Crippen LogP contribution < -0.4 is 11.1 Å². The molecule has 0 aliphatic heterocycles. The number of hydrogen-bond acceptors (Lipinski definition) is 2. The van der Waals surface area contributed by atoms with Crippen LogP contribution in [0.1, 0.15) is 28.9 Å². The SMILES string of the molecule is C[C@H](NC(=O)c1cccc(F)c1N)c1ccccc1Cl. The largest absolute Gasteiger partial charge is 0.396 e. The molecule has 0 aliphatic carbocycles. The van der Waals surface area contributed by atoms with E-state index in [4.69, 9.17) is 17.3 Å². The molecule has 1 atom stereocenters. The molecular formula is C15H14ClFN2O. The Balaban J connectivity index is 2.20. The van der Waals surface area contributed by atoms with Crippen LogP contribution >= 0.6 is 11.6 Å². The molecule has 2 rings (SSSR count). The Kier molecular flexibility index (Phi) is 4.25. The van der Waals surface area contributed by atoms with Gasteiger partial charge in [0.2, 0.25) is 0 Å². The van der Waals surface area contributed by atoms with Gasteiger partial charge in [0.15, 0.2) is 0 Å². The van der Waals surface area contributed by atoms with Crippen molar-refractivity contribution in [1.82, 2.24) is 5.32 Å². The number of amides is 1. The second kappa shape index (κ2) is 5.92. The summed E-state index contributed by atoms with van der Waals surface area (Å²) >= 11 is 6.07. The molecule has 0 saturated heterocycles. The van der Waals surface area contributed by atoms with Crippen LogP contribution in [0.25, 0.3) is 0 Å². The number of benzene rings is 2.